The topological polar surface area (TPSA) is 6.48 Å². The molecule has 4 heteroatoms. The van der Waals surface area contributed by atoms with Gasteiger partial charge in [-0.05, 0) is 113 Å². The van der Waals surface area contributed by atoms with E-state index in [0.717, 1.165) is 35.5 Å². The van der Waals surface area contributed by atoms with Crippen LogP contribution in [0.2, 0.25) is 0 Å². The molecule has 8 saturated carbocycles. The second-order valence-corrected chi connectivity index (χ2v) is 11.7. The average Bonchev–Trinajstić information content (AvgIpc) is 3.04. The molecular formula is C23H36Br2N2. The van der Waals surface area contributed by atoms with Gasteiger partial charge in [0.25, 0.3) is 0 Å². The number of rotatable bonds is 2. The van der Waals surface area contributed by atoms with Gasteiger partial charge in [-0.1, -0.05) is 0 Å². The Kier molecular flexibility index (Phi) is 4.57. The monoisotopic (exact) mass is 498 g/mol. The SMILES string of the molecule is Br.Br.C1=CN(C23CC4CC(CC(C4)C2)C3)CN1C12CC3CC(CC(C3)C1)C2. The molecule has 0 N–H and O–H groups in total. The van der Waals surface area contributed by atoms with Crippen molar-refractivity contribution < 1.29 is 0 Å². The van der Waals surface area contributed by atoms with Gasteiger partial charge in [-0.2, -0.15) is 0 Å². The van der Waals surface area contributed by atoms with Crippen molar-refractivity contribution >= 4 is 34.0 Å². The summed E-state index contributed by atoms with van der Waals surface area (Å²) in [5.41, 5.74) is 1.12. The van der Waals surface area contributed by atoms with E-state index in [-0.39, 0.29) is 34.0 Å². The standard InChI is InChI=1S/C23H34N2.2BrH/c1-2-25(23-12-19-6-20(13-23)8-21(7-19)14-23)15-24(1)22-9-16-3-17(10-22)5-18(4-16)11-22;;/h1-2,16-21H,3-15H2;2*1H. The van der Waals surface area contributed by atoms with Gasteiger partial charge in [0.2, 0.25) is 0 Å². The van der Waals surface area contributed by atoms with Crippen LogP contribution in [-0.4, -0.2) is 27.5 Å². The molecule has 2 nitrogen and oxygen atoms in total. The third-order valence-electron chi connectivity index (χ3n) is 9.96. The number of hydrogen-bond donors (Lipinski definition) is 0. The highest BCUT2D eigenvalue weighted by molar-refractivity contribution is 8.93. The van der Waals surface area contributed by atoms with E-state index in [9.17, 15) is 0 Å². The molecule has 27 heavy (non-hydrogen) atoms. The zero-order valence-electron chi connectivity index (χ0n) is 16.5. The fourth-order valence-electron chi connectivity index (χ4n) is 9.87. The van der Waals surface area contributed by atoms with Gasteiger partial charge >= 0.3 is 0 Å². The highest BCUT2D eigenvalue weighted by Gasteiger charge is 2.57. The largest absolute Gasteiger partial charge is 0.353 e. The molecule has 0 aromatic rings. The highest BCUT2D eigenvalue weighted by Crippen LogP contribution is 2.61. The maximum absolute atomic E-state index is 2.86. The van der Waals surface area contributed by atoms with Crippen LogP contribution in [0.25, 0.3) is 0 Å². The first-order valence-electron chi connectivity index (χ1n) is 11.4. The zero-order valence-corrected chi connectivity index (χ0v) is 19.9. The van der Waals surface area contributed by atoms with Crippen LogP contribution in [-0.2, 0) is 0 Å². The van der Waals surface area contributed by atoms with Crippen LogP contribution in [0.4, 0.5) is 0 Å². The van der Waals surface area contributed by atoms with E-state index in [2.05, 4.69) is 22.2 Å². The first-order chi connectivity index (χ1) is 12.2. The Bertz CT molecular complexity index is 507. The van der Waals surface area contributed by atoms with Gasteiger partial charge in [0.1, 0.15) is 0 Å². The lowest BCUT2D eigenvalue weighted by atomic mass is 9.52. The molecule has 1 heterocycles. The number of hydrogen-bond acceptors (Lipinski definition) is 2. The van der Waals surface area contributed by atoms with Crippen LogP contribution in [0, 0.1) is 35.5 Å². The van der Waals surface area contributed by atoms with E-state index in [0.29, 0.717) is 11.1 Å². The molecule has 8 bridgehead atoms. The van der Waals surface area contributed by atoms with Crippen molar-refractivity contribution in [2.24, 2.45) is 35.5 Å². The first-order valence-corrected chi connectivity index (χ1v) is 11.4. The second-order valence-electron chi connectivity index (χ2n) is 11.7. The minimum atomic E-state index is 0. The predicted molar refractivity (Wildman–Crippen MR) is 120 cm³/mol. The summed E-state index contributed by atoms with van der Waals surface area (Å²) in [5.74, 6) is 6.38. The third-order valence-corrected chi connectivity index (χ3v) is 9.96. The van der Waals surface area contributed by atoms with Crippen LogP contribution in [0.1, 0.15) is 77.0 Å². The molecule has 0 aromatic heterocycles. The number of nitrogens with zero attached hydrogens (tertiary/aromatic N) is 2. The van der Waals surface area contributed by atoms with Gasteiger partial charge < -0.3 is 9.80 Å². The zero-order chi connectivity index (χ0) is 16.2. The molecule has 9 rings (SSSR count). The van der Waals surface area contributed by atoms with Crippen molar-refractivity contribution in [2.45, 2.75) is 88.1 Å². The van der Waals surface area contributed by atoms with Crippen LogP contribution in [0.3, 0.4) is 0 Å². The molecular weight excluding hydrogens is 464 g/mol. The normalized spacial score (nSPS) is 53.6. The Morgan fingerprint density at radius 3 is 1.00 bits per heavy atom. The Labute approximate surface area is 186 Å². The summed E-state index contributed by atoms with van der Waals surface area (Å²) >= 11 is 0. The van der Waals surface area contributed by atoms with E-state index in [1.165, 1.54) is 45.2 Å². The van der Waals surface area contributed by atoms with Crippen molar-refractivity contribution in [1.29, 1.82) is 0 Å². The van der Waals surface area contributed by atoms with Crippen LogP contribution in [0.5, 0.6) is 0 Å². The van der Waals surface area contributed by atoms with Crippen molar-refractivity contribution in [1.82, 2.24) is 9.80 Å². The van der Waals surface area contributed by atoms with Gasteiger partial charge in [-0.15, -0.1) is 34.0 Å². The molecule has 0 spiro atoms. The lowest BCUT2D eigenvalue weighted by Gasteiger charge is -2.62. The molecule has 0 radical (unpaired) electrons. The minimum absolute atomic E-state index is 0. The van der Waals surface area contributed by atoms with E-state index in [4.69, 9.17) is 0 Å². The van der Waals surface area contributed by atoms with Gasteiger partial charge in [-0.25, -0.2) is 0 Å². The lowest BCUT2D eigenvalue weighted by molar-refractivity contribution is -0.105. The Hall–Kier alpha value is 0.300. The lowest BCUT2D eigenvalue weighted by Crippen LogP contribution is -2.62. The van der Waals surface area contributed by atoms with E-state index in [1.54, 1.807) is 38.5 Å². The Morgan fingerprint density at radius 2 is 0.741 bits per heavy atom. The molecule has 8 aliphatic carbocycles. The predicted octanol–water partition coefficient (Wildman–Crippen LogP) is 6.13. The summed E-state index contributed by atoms with van der Waals surface area (Å²) in [7, 11) is 0. The Morgan fingerprint density at radius 1 is 0.481 bits per heavy atom. The van der Waals surface area contributed by atoms with Crippen molar-refractivity contribution in [3.63, 3.8) is 0 Å². The van der Waals surface area contributed by atoms with E-state index in [1.807, 2.05) is 0 Å². The molecule has 0 atom stereocenters. The highest BCUT2D eigenvalue weighted by atomic mass is 79.9. The summed E-state index contributed by atoms with van der Waals surface area (Å²) < 4.78 is 0. The molecule has 9 aliphatic rings. The first kappa shape index (κ1) is 19.3. The van der Waals surface area contributed by atoms with Crippen LogP contribution >= 0.6 is 34.0 Å². The maximum Gasteiger partial charge on any atom is 0.0904 e. The quantitative estimate of drug-likeness (QED) is 0.451. The van der Waals surface area contributed by atoms with Crippen molar-refractivity contribution in [3.05, 3.63) is 12.4 Å². The molecule has 0 unspecified atom stereocenters. The summed E-state index contributed by atoms with van der Waals surface area (Å²) in [4.78, 5) is 5.71. The van der Waals surface area contributed by atoms with Crippen molar-refractivity contribution in [3.8, 4) is 0 Å². The summed E-state index contributed by atoms with van der Waals surface area (Å²) in [6.45, 7) is 1.23. The number of halogens is 2. The fourth-order valence-corrected chi connectivity index (χ4v) is 9.87. The average molecular weight is 500 g/mol. The third kappa shape index (κ3) is 2.74. The molecule has 0 aromatic carbocycles. The minimum Gasteiger partial charge on any atom is -0.353 e. The molecule has 152 valence electrons. The summed E-state index contributed by atoms with van der Waals surface area (Å²) in [5, 5.41) is 0. The molecule has 1 aliphatic heterocycles. The summed E-state index contributed by atoms with van der Waals surface area (Å²) in [6.07, 6.45) is 23.6. The fraction of sp³-hybridized carbons (Fsp3) is 0.913. The molecule has 0 saturated heterocycles. The van der Waals surface area contributed by atoms with Crippen molar-refractivity contribution in [2.75, 3.05) is 6.67 Å². The van der Waals surface area contributed by atoms with E-state index >= 15 is 0 Å². The van der Waals surface area contributed by atoms with Gasteiger partial charge in [0, 0.05) is 23.5 Å². The smallest absolute Gasteiger partial charge is 0.0904 e. The van der Waals surface area contributed by atoms with E-state index < -0.39 is 0 Å². The van der Waals surface area contributed by atoms with Gasteiger partial charge in [0.15, 0.2) is 0 Å². The van der Waals surface area contributed by atoms with Gasteiger partial charge in [-0.3, -0.25) is 0 Å². The Balaban J connectivity index is 0.000000801. The maximum atomic E-state index is 2.86. The molecule has 8 fully saturated rings. The second kappa shape index (κ2) is 6.40. The summed E-state index contributed by atoms with van der Waals surface area (Å²) in [6, 6.07) is 0. The van der Waals surface area contributed by atoms with Gasteiger partial charge in [0.05, 0.1) is 6.67 Å². The molecule has 0 amide bonds. The van der Waals surface area contributed by atoms with Crippen LogP contribution < -0.4 is 0 Å². The van der Waals surface area contributed by atoms with Crippen LogP contribution in [0.15, 0.2) is 12.4 Å².